The molecule has 0 fully saturated rings. The number of rotatable bonds is 1. The van der Waals surface area contributed by atoms with Crippen LogP contribution in [-0.2, 0) is 6.54 Å². The Morgan fingerprint density at radius 2 is 1.60 bits per heavy atom. The van der Waals surface area contributed by atoms with Gasteiger partial charge in [0.05, 0.1) is 0 Å². The van der Waals surface area contributed by atoms with E-state index in [1.54, 1.807) is 6.07 Å². The van der Waals surface area contributed by atoms with Gasteiger partial charge in [-0.05, 0) is 5.56 Å². The zero-order chi connectivity index (χ0) is 7.56. The molecule has 0 spiro atoms. The van der Waals surface area contributed by atoms with Crippen LogP contribution in [0.4, 0.5) is 0 Å². The van der Waals surface area contributed by atoms with Crippen LogP contribution in [0.3, 0.4) is 0 Å². The first-order chi connectivity index (χ1) is 4.72. The third-order valence-corrected chi connectivity index (χ3v) is 1.27. The number of benzene rings is 1. The van der Waals surface area contributed by atoms with Crippen molar-refractivity contribution in [3.05, 3.63) is 23.8 Å². The number of nitrogens with two attached hydrogens (primary N) is 1. The minimum atomic E-state index is 0.481. The Kier molecular flexibility index (Phi) is 2.17. The van der Waals surface area contributed by atoms with Crippen molar-refractivity contribution in [3.8, 4) is 0 Å². The van der Waals surface area contributed by atoms with Crippen LogP contribution in [0.1, 0.15) is 5.56 Å². The van der Waals surface area contributed by atoms with Crippen molar-refractivity contribution in [3.63, 3.8) is 0 Å². The van der Waals surface area contributed by atoms with Gasteiger partial charge in [0.25, 0.3) is 0 Å². The summed E-state index contributed by atoms with van der Waals surface area (Å²) in [5, 5.41) is 0. The van der Waals surface area contributed by atoms with Gasteiger partial charge in [-0.15, -0.1) is 0 Å². The lowest BCUT2D eigenvalue weighted by Gasteiger charge is -2.01. The van der Waals surface area contributed by atoms with Gasteiger partial charge in [0.2, 0.25) is 0 Å². The Morgan fingerprint density at radius 3 is 2.00 bits per heavy atom. The van der Waals surface area contributed by atoms with Gasteiger partial charge in [0, 0.05) is 6.54 Å². The van der Waals surface area contributed by atoms with Crippen LogP contribution in [0.25, 0.3) is 0 Å². The molecule has 4 radical (unpaired) electrons. The lowest BCUT2D eigenvalue weighted by Crippen LogP contribution is -2.16. The second-order valence-corrected chi connectivity index (χ2v) is 2.21. The zero-order valence-electron chi connectivity index (χ0n) is 5.67. The number of hydrogen-bond donors (Lipinski definition) is 1. The summed E-state index contributed by atoms with van der Waals surface area (Å²) in [6, 6.07) is 5.34. The molecule has 1 rings (SSSR count). The molecule has 46 valence electrons. The lowest BCUT2D eigenvalue weighted by atomic mass is 9.85. The summed E-state index contributed by atoms with van der Waals surface area (Å²) in [6.45, 7) is 0.481. The molecule has 0 saturated heterocycles. The third kappa shape index (κ3) is 1.64. The largest absolute Gasteiger partial charge is 0.326 e. The second-order valence-electron chi connectivity index (χ2n) is 2.21. The summed E-state index contributed by atoms with van der Waals surface area (Å²) in [5.74, 6) is 0. The molecule has 1 aromatic carbocycles. The second kappa shape index (κ2) is 2.93. The maximum absolute atomic E-state index is 5.50. The first-order valence-electron chi connectivity index (χ1n) is 3.07. The quantitative estimate of drug-likeness (QED) is 0.467. The highest BCUT2D eigenvalue weighted by Crippen LogP contribution is 1.89. The van der Waals surface area contributed by atoms with E-state index < -0.39 is 0 Å². The first-order valence-corrected chi connectivity index (χ1v) is 3.07. The van der Waals surface area contributed by atoms with Crippen LogP contribution in [0.15, 0.2) is 18.2 Å². The SMILES string of the molecule is [B]c1cc([B])cc(CN)c1. The van der Waals surface area contributed by atoms with Gasteiger partial charge in [0.1, 0.15) is 15.7 Å². The molecular weight excluding hydrogens is 120 g/mol. The molecule has 0 aliphatic carbocycles. The summed E-state index contributed by atoms with van der Waals surface area (Å²) in [6.07, 6.45) is 0. The van der Waals surface area contributed by atoms with Gasteiger partial charge in [-0.2, -0.15) is 0 Å². The molecule has 0 saturated carbocycles. The van der Waals surface area contributed by atoms with Crippen molar-refractivity contribution < 1.29 is 0 Å². The normalized spacial score (nSPS) is 9.70. The van der Waals surface area contributed by atoms with E-state index in [0.717, 1.165) is 5.56 Å². The molecule has 1 nitrogen and oxygen atoms in total. The molecule has 0 amide bonds. The smallest absolute Gasteiger partial charge is 0.113 e. The predicted molar refractivity (Wildman–Crippen MR) is 45.1 cm³/mol. The van der Waals surface area contributed by atoms with Crippen molar-refractivity contribution in [2.24, 2.45) is 5.73 Å². The maximum atomic E-state index is 5.50. The summed E-state index contributed by atoms with van der Waals surface area (Å²) < 4.78 is 0. The van der Waals surface area contributed by atoms with E-state index in [9.17, 15) is 0 Å². The monoisotopic (exact) mass is 127 g/mol. The summed E-state index contributed by atoms with van der Waals surface area (Å²) in [4.78, 5) is 0. The Hall–Kier alpha value is -0.690. The molecule has 0 aliphatic rings. The van der Waals surface area contributed by atoms with Crippen molar-refractivity contribution in [2.45, 2.75) is 6.54 Å². The average molecular weight is 127 g/mol. The highest BCUT2D eigenvalue weighted by Gasteiger charge is 1.90. The number of hydrogen-bond acceptors (Lipinski definition) is 1. The third-order valence-electron chi connectivity index (χ3n) is 1.27. The van der Waals surface area contributed by atoms with Crippen LogP contribution in [0.5, 0.6) is 0 Å². The van der Waals surface area contributed by atoms with E-state index in [2.05, 4.69) is 0 Å². The van der Waals surface area contributed by atoms with Crippen LogP contribution in [0, 0.1) is 0 Å². The molecule has 3 heteroatoms. The Labute approximate surface area is 63.4 Å². The van der Waals surface area contributed by atoms with Gasteiger partial charge in [-0.1, -0.05) is 29.1 Å². The highest BCUT2D eigenvalue weighted by atomic mass is 14.5. The lowest BCUT2D eigenvalue weighted by molar-refractivity contribution is 1.08. The molecule has 10 heavy (non-hydrogen) atoms. The Balaban J connectivity index is 3.06. The molecule has 0 atom stereocenters. The summed E-state index contributed by atoms with van der Waals surface area (Å²) in [7, 11) is 11.0. The van der Waals surface area contributed by atoms with E-state index in [-0.39, 0.29) is 0 Å². The first kappa shape index (κ1) is 7.42. The van der Waals surface area contributed by atoms with Crippen LogP contribution < -0.4 is 16.7 Å². The van der Waals surface area contributed by atoms with Gasteiger partial charge < -0.3 is 5.73 Å². The minimum absolute atomic E-state index is 0.481. The fraction of sp³-hybridized carbons (Fsp3) is 0.143. The van der Waals surface area contributed by atoms with Gasteiger partial charge in [-0.25, -0.2) is 0 Å². The van der Waals surface area contributed by atoms with Gasteiger partial charge >= 0.3 is 0 Å². The predicted octanol–water partition coefficient (Wildman–Crippen LogP) is -1.27. The van der Waals surface area contributed by atoms with Gasteiger partial charge in [-0.3, -0.25) is 0 Å². The van der Waals surface area contributed by atoms with E-state index in [1.807, 2.05) is 12.1 Å². The Morgan fingerprint density at radius 1 is 1.10 bits per heavy atom. The van der Waals surface area contributed by atoms with Crippen LogP contribution in [0.2, 0.25) is 0 Å². The summed E-state index contributed by atoms with van der Waals surface area (Å²) in [5.41, 5.74) is 7.68. The molecule has 0 aliphatic heterocycles. The van der Waals surface area contributed by atoms with Crippen LogP contribution >= 0.6 is 0 Å². The van der Waals surface area contributed by atoms with E-state index in [4.69, 9.17) is 21.4 Å². The minimum Gasteiger partial charge on any atom is -0.326 e. The fourth-order valence-corrected chi connectivity index (χ4v) is 0.863. The maximum Gasteiger partial charge on any atom is 0.113 e. The van der Waals surface area contributed by atoms with Crippen molar-refractivity contribution in [1.29, 1.82) is 0 Å². The van der Waals surface area contributed by atoms with Crippen molar-refractivity contribution >= 4 is 26.6 Å². The Bertz CT molecular complexity index is 215. The molecule has 1 aromatic rings. The van der Waals surface area contributed by atoms with Crippen molar-refractivity contribution in [2.75, 3.05) is 0 Å². The zero-order valence-corrected chi connectivity index (χ0v) is 5.67. The topological polar surface area (TPSA) is 26.0 Å². The molecule has 0 aromatic heterocycles. The van der Waals surface area contributed by atoms with Gasteiger partial charge in [0.15, 0.2) is 0 Å². The molecule has 0 heterocycles. The van der Waals surface area contributed by atoms with Crippen LogP contribution in [-0.4, -0.2) is 15.7 Å². The summed E-state index contributed by atoms with van der Waals surface area (Å²) >= 11 is 0. The average Bonchev–Trinajstić information content (AvgIpc) is 1.85. The molecule has 2 N–H and O–H groups in total. The van der Waals surface area contributed by atoms with Crippen molar-refractivity contribution in [1.82, 2.24) is 0 Å². The van der Waals surface area contributed by atoms with E-state index in [1.165, 1.54) is 0 Å². The molecule has 0 unspecified atom stereocenters. The fourth-order valence-electron chi connectivity index (χ4n) is 0.863. The highest BCUT2D eigenvalue weighted by molar-refractivity contribution is 6.37. The standard InChI is InChI=1S/C7H7B2N/c8-6-1-5(4-10)2-7(9)3-6/h1-3H,4,10H2. The van der Waals surface area contributed by atoms with E-state index in [0.29, 0.717) is 17.5 Å². The van der Waals surface area contributed by atoms with E-state index >= 15 is 0 Å². The molecular formula is C7H7B2N. The molecule has 0 bridgehead atoms.